The lowest BCUT2D eigenvalue weighted by Crippen LogP contribution is -2.34. The molecule has 1 aromatic heterocycles. The predicted molar refractivity (Wildman–Crippen MR) is 57.3 cm³/mol. The molecule has 0 aliphatic heterocycles. The van der Waals surface area contributed by atoms with Crippen molar-refractivity contribution in [1.29, 1.82) is 0 Å². The quantitative estimate of drug-likeness (QED) is 0.871. The molecule has 0 bridgehead atoms. The summed E-state index contributed by atoms with van der Waals surface area (Å²) in [5, 5.41) is 0. The van der Waals surface area contributed by atoms with Crippen LogP contribution < -0.4 is 10.6 Å². The summed E-state index contributed by atoms with van der Waals surface area (Å²) in [5.41, 5.74) is 6.57. The van der Waals surface area contributed by atoms with Crippen LogP contribution in [0.15, 0.2) is 12.1 Å². The Kier molecular flexibility index (Phi) is 3.62. The van der Waals surface area contributed by atoms with E-state index in [1.807, 2.05) is 0 Å². The average molecular weight is 233 g/mol. The predicted octanol–water partition coefficient (Wildman–Crippen LogP) is 2.36. The third-order valence-corrected chi connectivity index (χ3v) is 2.19. The molecule has 6 heteroatoms. The van der Waals surface area contributed by atoms with Crippen molar-refractivity contribution in [2.24, 2.45) is 0 Å². The van der Waals surface area contributed by atoms with Crippen LogP contribution >= 0.6 is 0 Å². The summed E-state index contributed by atoms with van der Waals surface area (Å²) in [7, 11) is 0. The fourth-order valence-corrected chi connectivity index (χ4v) is 1.31. The van der Waals surface area contributed by atoms with Crippen LogP contribution in [0.1, 0.15) is 12.6 Å². The van der Waals surface area contributed by atoms with Gasteiger partial charge in [0.25, 0.3) is 0 Å². The third kappa shape index (κ3) is 3.29. The van der Waals surface area contributed by atoms with Crippen molar-refractivity contribution >= 4 is 11.5 Å². The number of pyridine rings is 1. The molecule has 0 aromatic carbocycles. The Balaban J connectivity index is 2.91. The molecule has 0 saturated carbocycles. The zero-order chi connectivity index (χ0) is 12.3. The molecule has 0 amide bonds. The molecule has 0 aliphatic carbocycles. The molecule has 0 fully saturated rings. The minimum absolute atomic E-state index is 0.246. The average Bonchev–Trinajstić information content (AvgIpc) is 2.17. The summed E-state index contributed by atoms with van der Waals surface area (Å²) in [6, 6.07) is 3.06. The number of aromatic nitrogens is 1. The fraction of sp³-hybridized carbons (Fsp3) is 0.500. The van der Waals surface area contributed by atoms with E-state index in [9.17, 15) is 13.2 Å². The van der Waals surface area contributed by atoms with Gasteiger partial charge in [-0.25, -0.2) is 4.98 Å². The zero-order valence-corrected chi connectivity index (χ0v) is 9.17. The van der Waals surface area contributed by atoms with Crippen LogP contribution in [0.3, 0.4) is 0 Å². The largest absolute Gasteiger partial charge is 0.405 e. The molecule has 0 atom stereocenters. The first kappa shape index (κ1) is 12.6. The van der Waals surface area contributed by atoms with Crippen molar-refractivity contribution in [3.05, 3.63) is 17.8 Å². The number of hydrogen-bond donors (Lipinski definition) is 1. The van der Waals surface area contributed by atoms with Gasteiger partial charge in [0, 0.05) is 6.54 Å². The smallest absolute Gasteiger partial charge is 0.397 e. The SMILES string of the molecule is CCN(CC(F)(F)F)c1ccc(N)c(C)n1. The Bertz CT molecular complexity index is 363. The van der Waals surface area contributed by atoms with E-state index in [4.69, 9.17) is 5.73 Å². The summed E-state index contributed by atoms with van der Waals surface area (Å²) in [6.07, 6.45) is -4.23. The Morgan fingerprint density at radius 1 is 1.38 bits per heavy atom. The second kappa shape index (κ2) is 4.59. The van der Waals surface area contributed by atoms with Crippen LogP contribution in [0.25, 0.3) is 0 Å². The van der Waals surface area contributed by atoms with E-state index in [1.165, 1.54) is 6.07 Å². The van der Waals surface area contributed by atoms with E-state index in [0.717, 1.165) is 4.90 Å². The first-order valence-electron chi connectivity index (χ1n) is 4.88. The lowest BCUT2D eigenvalue weighted by atomic mass is 10.3. The molecule has 2 N–H and O–H groups in total. The van der Waals surface area contributed by atoms with E-state index in [-0.39, 0.29) is 6.54 Å². The number of anilines is 2. The number of alkyl halides is 3. The highest BCUT2D eigenvalue weighted by Crippen LogP contribution is 2.22. The first-order chi connectivity index (χ1) is 7.33. The van der Waals surface area contributed by atoms with Gasteiger partial charge < -0.3 is 10.6 Å². The maximum Gasteiger partial charge on any atom is 0.405 e. The number of aryl methyl sites for hydroxylation is 1. The number of halogens is 3. The van der Waals surface area contributed by atoms with Crippen LogP contribution in [-0.2, 0) is 0 Å². The lowest BCUT2D eigenvalue weighted by Gasteiger charge is -2.23. The van der Waals surface area contributed by atoms with Crippen molar-refractivity contribution < 1.29 is 13.2 Å². The van der Waals surface area contributed by atoms with Crippen molar-refractivity contribution in [2.75, 3.05) is 23.7 Å². The maximum atomic E-state index is 12.3. The van der Waals surface area contributed by atoms with Gasteiger partial charge in [0.1, 0.15) is 12.4 Å². The Hall–Kier alpha value is -1.46. The van der Waals surface area contributed by atoms with Crippen LogP contribution in [0.5, 0.6) is 0 Å². The van der Waals surface area contributed by atoms with Crippen LogP contribution in [0.4, 0.5) is 24.7 Å². The Labute approximate surface area is 92.1 Å². The van der Waals surface area contributed by atoms with Crippen molar-refractivity contribution in [1.82, 2.24) is 4.98 Å². The highest BCUT2D eigenvalue weighted by atomic mass is 19.4. The number of hydrogen-bond acceptors (Lipinski definition) is 3. The van der Waals surface area contributed by atoms with Gasteiger partial charge in [-0.3, -0.25) is 0 Å². The minimum Gasteiger partial charge on any atom is -0.397 e. The summed E-state index contributed by atoms with van der Waals surface area (Å²) < 4.78 is 36.8. The topological polar surface area (TPSA) is 42.1 Å². The van der Waals surface area contributed by atoms with E-state index in [1.54, 1.807) is 19.9 Å². The molecule has 0 spiro atoms. The Morgan fingerprint density at radius 3 is 2.44 bits per heavy atom. The fourth-order valence-electron chi connectivity index (χ4n) is 1.31. The van der Waals surface area contributed by atoms with Crippen LogP contribution in [0.2, 0.25) is 0 Å². The molecule has 0 radical (unpaired) electrons. The molecular weight excluding hydrogens is 219 g/mol. The molecule has 0 aliphatic rings. The minimum atomic E-state index is -4.23. The van der Waals surface area contributed by atoms with Crippen LogP contribution in [0, 0.1) is 6.92 Å². The molecular formula is C10H14F3N3. The van der Waals surface area contributed by atoms with Gasteiger partial charge >= 0.3 is 6.18 Å². The summed E-state index contributed by atoms with van der Waals surface area (Å²) >= 11 is 0. The summed E-state index contributed by atoms with van der Waals surface area (Å²) in [5.74, 6) is 0.298. The third-order valence-electron chi connectivity index (χ3n) is 2.19. The summed E-state index contributed by atoms with van der Waals surface area (Å²) in [6.45, 7) is 2.56. The van der Waals surface area contributed by atoms with Crippen molar-refractivity contribution in [3.8, 4) is 0 Å². The lowest BCUT2D eigenvalue weighted by molar-refractivity contribution is -0.119. The second-order valence-corrected chi connectivity index (χ2v) is 3.47. The molecule has 0 unspecified atom stereocenters. The molecule has 3 nitrogen and oxygen atoms in total. The number of nitrogen functional groups attached to an aromatic ring is 1. The van der Waals surface area contributed by atoms with E-state index < -0.39 is 12.7 Å². The number of nitrogens with two attached hydrogens (primary N) is 1. The first-order valence-corrected chi connectivity index (χ1v) is 4.88. The van der Waals surface area contributed by atoms with E-state index >= 15 is 0 Å². The van der Waals surface area contributed by atoms with Gasteiger partial charge in [-0.1, -0.05) is 0 Å². The monoisotopic (exact) mass is 233 g/mol. The molecule has 1 aromatic rings. The van der Waals surface area contributed by atoms with Crippen molar-refractivity contribution in [2.45, 2.75) is 20.0 Å². The van der Waals surface area contributed by atoms with Gasteiger partial charge in [0.15, 0.2) is 0 Å². The second-order valence-electron chi connectivity index (χ2n) is 3.47. The Morgan fingerprint density at radius 2 is 2.00 bits per heavy atom. The highest BCUT2D eigenvalue weighted by molar-refractivity contribution is 5.50. The molecule has 16 heavy (non-hydrogen) atoms. The van der Waals surface area contributed by atoms with Gasteiger partial charge in [0.2, 0.25) is 0 Å². The van der Waals surface area contributed by atoms with Gasteiger partial charge in [0.05, 0.1) is 11.4 Å². The standard InChI is InChI=1S/C10H14F3N3/c1-3-16(6-10(11,12)13)9-5-4-8(14)7(2)15-9/h4-5H,3,6,14H2,1-2H3. The zero-order valence-electron chi connectivity index (χ0n) is 9.17. The van der Waals surface area contributed by atoms with E-state index in [2.05, 4.69) is 4.98 Å². The molecule has 90 valence electrons. The number of rotatable bonds is 3. The highest BCUT2D eigenvalue weighted by Gasteiger charge is 2.30. The molecule has 1 heterocycles. The normalized spacial score (nSPS) is 11.6. The van der Waals surface area contributed by atoms with Crippen molar-refractivity contribution in [3.63, 3.8) is 0 Å². The summed E-state index contributed by atoms with van der Waals surface area (Å²) in [4.78, 5) is 5.19. The molecule has 1 rings (SSSR count). The van der Waals surface area contributed by atoms with Gasteiger partial charge in [-0.2, -0.15) is 13.2 Å². The van der Waals surface area contributed by atoms with Gasteiger partial charge in [-0.05, 0) is 26.0 Å². The van der Waals surface area contributed by atoms with E-state index in [0.29, 0.717) is 17.2 Å². The van der Waals surface area contributed by atoms with Gasteiger partial charge in [-0.15, -0.1) is 0 Å². The van der Waals surface area contributed by atoms with Crippen LogP contribution in [-0.4, -0.2) is 24.2 Å². The molecule has 0 saturated heterocycles. The number of nitrogens with zero attached hydrogens (tertiary/aromatic N) is 2. The maximum absolute atomic E-state index is 12.3.